The van der Waals surface area contributed by atoms with Gasteiger partial charge in [-0.3, -0.25) is 4.68 Å². The lowest BCUT2D eigenvalue weighted by molar-refractivity contribution is 0.172. The number of nitrogens with zero attached hydrogens (tertiary/aromatic N) is 2. The molecule has 1 unspecified atom stereocenters. The van der Waals surface area contributed by atoms with Crippen molar-refractivity contribution in [1.82, 2.24) is 9.78 Å². The molecule has 3 nitrogen and oxygen atoms in total. The smallest absolute Gasteiger partial charge is 0.0766 e. The number of aryl methyl sites for hydroxylation is 2. The van der Waals surface area contributed by atoms with Gasteiger partial charge >= 0.3 is 0 Å². The van der Waals surface area contributed by atoms with Gasteiger partial charge in [0.2, 0.25) is 0 Å². The quantitative estimate of drug-likeness (QED) is 0.829. The summed E-state index contributed by atoms with van der Waals surface area (Å²) in [5, 5.41) is 15.8. The SMILES string of the molecule is CCc1nn(C)c(CC(O)Cc2ccc(Cl)c(Cl)c2)c1Br. The standard InChI is InChI=1S/C15H17BrCl2N2O/c1-3-13-15(16)14(20(2)19-13)8-10(21)6-9-4-5-11(17)12(18)7-9/h4-5,7,10,21H,3,6,8H2,1-2H3. The topological polar surface area (TPSA) is 38.0 Å². The third-order valence-electron chi connectivity index (χ3n) is 3.39. The van der Waals surface area contributed by atoms with Crippen molar-refractivity contribution < 1.29 is 5.11 Å². The number of aliphatic hydroxyl groups is 1. The van der Waals surface area contributed by atoms with Gasteiger partial charge in [0.15, 0.2) is 0 Å². The predicted molar refractivity (Wildman–Crippen MR) is 90.2 cm³/mol. The lowest BCUT2D eigenvalue weighted by atomic mass is 10.0. The molecule has 0 fully saturated rings. The minimum atomic E-state index is -0.501. The zero-order valence-electron chi connectivity index (χ0n) is 11.9. The lowest BCUT2D eigenvalue weighted by Gasteiger charge is -2.12. The van der Waals surface area contributed by atoms with Gasteiger partial charge in [-0.15, -0.1) is 0 Å². The molecule has 1 aromatic carbocycles. The molecule has 0 aliphatic heterocycles. The average molecular weight is 392 g/mol. The molecule has 0 aliphatic carbocycles. The first-order valence-corrected chi connectivity index (χ1v) is 8.29. The van der Waals surface area contributed by atoms with Crippen LogP contribution < -0.4 is 0 Å². The number of aliphatic hydroxyl groups excluding tert-OH is 1. The second-order valence-corrected chi connectivity index (χ2v) is 6.60. The molecule has 0 bridgehead atoms. The van der Waals surface area contributed by atoms with Gasteiger partial charge in [0.1, 0.15) is 0 Å². The van der Waals surface area contributed by atoms with E-state index >= 15 is 0 Å². The van der Waals surface area contributed by atoms with Crippen LogP contribution in [-0.4, -0.2) is 21.0 Å². The third kappa shape index (κ3) is 4.01. The summed E-state index contributed by atoms with van der Waals surface area (Å²) >= 11 is 15.5. The van der Waals surface area contributed by atoms with E-state index in [0.717, 1.165) is 27.8 Å². The highest BCUT2D eigenvalue weighted by Crippen LogP contribution is 2.25. The maximum Gasteiger partial charge on any atom is 0.0766 e. The molecule has 21 heavy (non-hydrogen) atoms. The van der Waals surface area contributed by atoms with Gasteiger partial charge in [-0.2, -0.15) is 5.10 Å². The number of hydrogen-bond acceptors (Lipinski definition) is 2. The Bertz CT molecular complexity index is 643. The summed E-state index contributed by atoms with van der Waals surface area (Å²) in [6.07, 6.45) is 1.41. The Hall–Kier alpha value is -0.550. The second-order valence-electron chi connectivity index (χ2n) is 5.00. The van der Waals surface area contributed by atoms with Gasteiger partial charge in [-0.05, 0) is 46.5 Å². The average Bonchev–Trinajstić information content (AvgIpc) is 2.70. The summed E-state index contributed by atoms with van der Waals surface area (Å²) in [5.74, 6) is 0. The maximum absolute atomic E-state index is 10.3. The molecule has 0 amide bonds. The Balaban J connectivity index is 2.09. The Morgan fingerprint density at radius 1 is 1.29 bits per heavy atom. The zero-order chi connectivity index (χ0) is 15.6. The fraction of sp³-hybridized carbons (Fsp3) is 0.400. The van der Waals surface area contributed by atoms with Gasteiger partial charge < -0.3 is 5.11 Å². The molecule has 2 aromatic rings. The van der Waals surface area contributed by atoms with Crippen molar-refractivity contribution in [2.24, 2.45) is 7.05 Å². The minimum absolute atomic E-state index is 0.501. The molecule has 1 aromatic heterocycles. The van der Waals surface area contributed by atoms with Crippen LogP contribution in [0.3, 0.4) is 0 Å². The summed E-state index contributed by atoms with van der Waals surface area (Å²) in [5.41, 5.74) is 2.97. The fourth-order valence-corrected chi connectivity index (χ4v) is 3.37. The molecule has 1 N–H and O–H groups in total. The largest absolute Gasteiger partial charge is 0.392 e. The van der Waals surface area contributed by atoms with Crippen molar-refractivity contribution in [2.75, 3.05) is 0 Å². The van der Waals surface area contributed by atoms with E-state index in [9.17, 15) is 5.11 Å². The molecule has 0 aliphatic rings. The number of aromatic nitrogens is 2. The Labute approximate surface area is 143 Å². The minimum Gasteiger partial charge on any atom is -0.392 e. The van der Waals surface area contributed by atoms with Crippen molar-refractivity contribution in [3.8, 4) is 0 Å². The number of hydrogen-bond donors (Lipinski definition) is 1. The van der Waals surface area contributed by atoms with Crippen molar-refractivity contribution >= 4 is 39.1 Å². The summed E-state index contributed by atoms with van der Waals surface area (Å²) < 4.78 is 2.81. The molecule has 2 rings (SSSR count). The maximum atomic E-state index is 10.3. The van der Waals surface area contributed by atoms with E-state index < -0.39 is 6.10 Å². The van der Waals surface area contributed by atoms with Crippen molar-refractivity contribution in [1.29, 1.82) is 0 Å². The Morgan fingerprint density at radius 3 is 2.57 bits per heavy atom. The van der Waals surface area contributed by atoms with Gasteiger partial charge in [0, 0.05) is 13.5 Å². The van der Waals surface area contributed by atoms with Crippen LogP contribution in [0.2, 0.25) is 10.0 Å². The molecule has 114 valence electrons. The van der Waals surface area contributed by atoms with Crippen molar-refractivity contribution in [2.45, 2.75) is 32.3 Å². The van der Waals surface area contributed by atoms with E-state index in [1.165, 1.54) is 0 Å². The number of benzene rings is 1. The normalized spacial score (nSPS) is 12.7. The summed E-state index contributed by atoms with van der Waals surface area (Å²) in [7, 11) is 1.89. The Kier molecular flexibility index (Phi) is 5.72. The van der Waals surface area contributed by atoms with Crippen LogP contribution in [0.4, 0.5) is 0 Å². The van der Waals surface area contributed by atoms with Crippen LogP contribution in [0, 0.1) is 0 Å². The first-order chi connectivity index (χ1) is 9.92. The van der Waals surface area contributed by atoms with Crippen LogP contribution >= 0.6 is 39.1 Å². The van der Waals surface area contributed by atoms with Gasteiger partial charge in [0.05, 0.1) is 32.0 Å². The van der Waals surface area contributed by atoms with E-state index in [1.807, 2.05) is 17.8 Å². The molecule has 0 spiro atoms. The second kappa shape index (κ2) is 7.14. The molecule has 0 radical (unpaired) electrons. The van der Waals surface area contributed by atoms with Crippen LogP contribution in [0.1, 0.15) is 23.9 Å². The first-order valence-electron chi connectivity index (χ1n) is 6.74. The summed E-state index contributed by atoms with van der Waals surface area (Å²) in [4.78, 5) is 0. The van der Waals surface area contributed by atoms with Crippen LogP contribution in [-0.2, 0) is 26.3 Å². The third-order valence-corrected chi connectivity index (χ3v) is 5.04. The highest BCUT2D eigenvalue weighted by Gasteiger charge is 2.16. The van der Waals surface area contributed by atoms with Gasteiger partial charge in [-0.25, -0.2) is 0 Å². The van der Waals surface area contributed by atoms with Crippen LogP contribution in [0.15, 0.2) is 22.7 Å². The summed E-state index contributed by atoms with van der Waals surface area (Å²) in [6.45, 7) is 2.06. The molecule has 1 atom stereocenters. The predicted octanol–water partition coefficient (Wildman–Crippen LogP) is 4.20. The number of rotatable bonds is 5. The van der Waals surface area contributed by atoms with Crippen molar-refractivity contribution in [3.05, 3.63) is 49.7 Å². The van der Waals surface area contributed by atoms with E-state index in [1.54, 1.807) is 12.1 Å². The molecule has 0 saturated heterocycles. The fourth-order valence-electron chi connectivity index (χ4n) is 2.28. The van der Waals surface area contributed by atoms with Gasteiger partial charge in [-0.1, -0.05) is 36.2 Å². The highest BCUT2D eigenvalue weighted by molar-refractivity contribution is 9.10. The monoisotopic (exact) mass is 390 g/mol. The zero-order valence-corrected chi connectivity index (χ0v) is 15.0. The molecular formula is C15H17BrCl2N2O. The number of halogens is 3. The van der Waals surface area contributed by atoms with E-state index in [4.69, 9.17) is 23.2 Å². The highest BCUT2D eigenvalue weighted by atomic mass is 79.9. The van der Waals surface area contributed by atoms with Gasteiger partial charge in [0.25, 0.3) is 0 Å². The van der Waals surface area contributed by atoms with E-state index in [0.29, 0.717) is 22.9 Å². The molecule has 6 heteroatoms. The molecule has 0 saturated carbocycles. The van der Waals surface area contributed by atoms with Crippen LogP contribution in [0.25, 0.3) is 0 Å². The Morgan fingerprint density at radius 2 is 2.00 bits per heavy atom. The van der Waals surface area contributed by atoms with Crippen LogP contribution in [0.5, 0.6) is 0 Å². The molecule has 1 heterocycles. The molecular weight excluding hydrogens is 375 g/mol. The van der Waals surface area contributed by atoms with E-state index in [2.05, 4.69) is 28.0 Å². The van der Waals surface area contributed by atoms with E-state index in [-0.39, 0.29) is 0 Å². The first kappa shape index (κ1) is 16.8. The lowest BCUT2D eigenvalue weighted by Crippen LogP contribution is -2.16. The summed E-state index contributed by atoms with van der Waals surface area (Å²) in [6, 6.07) is 5.43. The van der Waals surface area contributed by atoms with Crippen molar-refractivity contribution in [3.63, 3.8) is 0 Å².